The minimum absolute atomic E-state index is 0.0178. The molecule has 0 heterocycles. The summed E-state index contributed by atoms with van der Waals surface area (Å²) in [6.45, 7) is 5.94. The van der Waals surface area contributed by atoms with E-state index in [1.807, 2.05) is 20.8 Å². The van der Waals surface area contributed by atoms with Gasteiger partial charge >= 0.3 is 10.1 Å². The van der Waals surface area contributed by atoms with Crippen molar-refractivity contribution in [3.63, 3.8) is 0 Å². The molecule has 0 aromatic heterocycles. The Morgan fingerprint density at radius 1 is 1.09 bits per heavy atom. The molecule has 0 unspecified atom stereocenters. The maximum atomic E-state index is 12.6. The first kappa shape index (κ1) is 17.6. The molecular formula is C17H19ClO4S. The summed E-state index contributed by atoms with van der Waals surface area (Å²) >= 11 is 5.80. The van der Waals surface area contributed by atoms with Crippen LogP contribution in [0, 0.1) is 6.92 Å². The third-order valence-corrected chi connectivity index (χ3v) is 4.98. The molecule has 23 heavy (non-hydrogen) atoms. The Labute approximate surface area is 142 Å². The number of halogens is 1. The zero-order valence-corrected chi connectivity index (χ0v) is 15.0. The SMILES string of the molecule is COc1cc(C)c(C(C)C)cc1S(=O)(=O)Oc1ccc(Cl)cc1. The summed E-state index contributed by atoms with van der Waals surface area (Å²) in [5, 5.41) is 0.504. The zero-order valence-electron chi connectivity index (χ0n) is 13.5. The van der Waals surface area contributed by atoms with Gasteiger partial charge in [-0.1, -0.05) is 25.4 Å². The van der Waals surface area contributed by atoms with Crippen LogP contribution in [0.3, 0.4) is 0 Å². The average Bonchev–Trinajstić information content (AvgIpc) is 2.48. The molecule has 2 rings (SSSR count). The summed E-state index contributed by atoms with van der Waals surface area (Å²) in [5.74, 6) is 0.648. The minimum Gasteiger partial charge on any atom is -0.495 e. The van der Waals surface area contributed by atoms with E-state index in [1.54, 1.807) is 24.3 Å². The van der Waals surface area contributed by atoms with Crippen LogP contribution in [0.5, 0.6) is 11.5 Å². The van der Waals surface area contributed by atoms with Gasteiger partial charge in [-0.15, -0.1) is 0 Å². The normalized spacial score (nSPS) is 11.6. The summed E-state index contributed by atoms with van der Waals surface area (Å²) in [6.07, 6.45) is 0. The van der Waals surface area contributed by atoms with E-state index in [4.69, 9.17) is 20.5 Å². The summed E-state index contributed by atoms with van der Waals surface area (Å²) < 4.78 is 35.7. The van der Waals surface area contributed by atoms with Crippen LogP contribution in [0.1, 0.15) is 30.9 Å². The topological polar surface area (TPSA) is 52.6 Å². The number of aryl methyl sites for hydroxylation is 1. The van der Waals surface area contributed by atoms with Gasteiger partial charge in [0.2, 0.25) is 0 Å². The molecule has 2 aromatic carbocycles. The summed E-state index contributed by atoms with van der Waals surface area (Å²) in [5.41, 5.74) is 1.91. The highest BCUT2D eigenvalue weighted by atomic mass is 35.5. The van der Waals surface area contributed by atoms with Crippen LogP contribution in [0.2, 0.25) is 5.02 Å². The lowest BCUT2D eigenvalue weighted by molar-refractivity contribution is 0.397. The molecule has 0 atom stereocenters. The van der Waals surface area contributed by atoms with Crippen molar-refractivity contribution in [1.29, 1.82) is 0 Å². The molecule has 0 amide bonds. The molecule has 0 aliphatic rings. The van der Waals surface area contributed by atoms with Gasteiger partial charge in [-0.05, 0) is 60.4 Å². The lowest BCUT2D eigenvalue weighted by atomic mass is 9.98. The maximum absolute atomic E-state index is 12.6. The number of hydrogen-bond acceptors (Lipinski definition) is 4. The first-order valence-electron chi connectivity index (χ1n) is 7.13. The Bertz CT molecular complexity index is 796. The molecule has 2 aromatic rings. The molecule has 0 bridgehead atoms. The van der Waals surface area contributed by atoms with Crippen LogP contribution < -0.4 is 8.92 Å². The van der Waals surface area contributed by atoms with Crippen molar-refractivity contribution in [2.45, 2.75) is 31.6 Å². The van der Waals surface area contributed by atoms with Crippen molar-refractivity contribution < 1.29 is 17.3 Å². The van der Waals surface area contributed by atoms with Crippen LogP contribution in [-0.4, -0.2) is 15.5 Å². The van der Waals surface area contributed by atoms with E-state index in [9.17, 15) is 8.42 Å². The number of hydrogen-bond donors (Lipinski definition) is 0. The van der Waals surface area contributed by atoms with Gasteiger partial charge < -0.3 is 8.92 Å². The lowest BCUT2D eigenvalue weighted by Crippen LogP contribution is -2.12. The lowest BCUT2D eigenvalue weighted by Gasteiger charge is -2.16. The van der Waals surface area contributed by atoms with Gasteiger partial charge in [-0.3, -0.25) is 0 Å². The number of ether oxygens (including phenoxy) is 1. The van der Waals surface area contributed by atoms with Gasteiger partial charge in [0.05, 0.1) is 7.11 Å². The fourth-order valence-corrected chi connectivity index (χ4v) is 3.56. The van der Waals surface area contributed by atoms with Gasteiger partial charge in [0.1, 0.15) is 16.4 Å². The van der Waals surface area contributed by atoms with E-state index in [0.29, 0.717) is 5.02 Å². The second kappa shape index (κ2) is 6.81. The first-order chi connectivity index (χ1) is 10.7. The van der Waals surface area contributed by atoms with Crippen LogP contribution in [0.15, 0.2) is 41.3 Å². The fraction of sp³-hybridized carbons (Fsp3) is 0.294. The molecule has 0 aliphatic carbocycles. The third kappa shape index (κ3) is 3.98. The molecule has 0 spiro atoms. The van der Waals surface area contributed by atoms with E-state index < -0.39 is 10.1 Å². The van der Waals surface area contributed by atoms with E-state index in [1.165, 1.54) is 19.2 Å². The van der Waals surface area contributed by atoms with E-state index in [2.05, 4.69) is 0 Å². The number of benzene rings is 2. The van der Waals surface area contributed by atoms with Crippen molar-refractivity contribution in [1.82, 2.24) is 0 Å². The highest BCUT2D eigenvalue weighted by Gasteiger charge is 2.24. The Morgan fingerprint density at radius 3 is 2.22 bits per heavy atom. The molecule has 0 N–H and O–H groups in total. The van der Waals surface area contributed by atoms with Gasteiger partial charge in [-0.2, -0.15) is 8.42 Å². The molecule has 0 aliphatic heterocycles. The van der Waals surface area contributed by atoms with Crippen molar-refractivity contribution in [3.05, 3.63) is 52.5 Å². The molecule has 0 saturated heterocycles. The van der Waals surface area contributed by atoms with E-state index >= 15 is 0 Å². The summed E-state index contributed by atoms with van der Waals surface area (Å²) in [4.78, 5) is 0.0178. The predicted molar refractivity (Wildman–Crippen MR) is 91.1 cm³/mol. The predicted octanol–water partition coefficient (Wildman–Crippen LogP) is 4.55. The Kier molecular flexibility index (Phi) is 5.22. The van der Waals surface area contributed by atoms with Crippen LogP contribution in [-0.2, 0) is 10.1 Å². The minimum atomic E-state index is -4.01. The van der Waals surface area contributed by atoms with Crippen molar-refractivity contribution in [2.24, 2.45) is 0 Å². The van der Waals surface area contributed by atoms with E-state index in [-0.39, 0.29) is 22.3 Å². The molecule has 4 nitrogen and oxygen atoms in total. The van der Waals surface area contributed by atoms with E-state index in [0.717, 1.165) is 11.1 Å². The second-order valence-corrected chi connectivity index (χ2v) is 7.46. The average molecular weight is 355 g/mol. The highest BCUT2D eigenvalue weighted by Crippen LogP contribution is 2.32. The third-order valence-electron chi connectivity index (χ3n) is 3.46. The highest BCUT2D eigenvalue weighted by molar-refractivity contribution is 7.87. The molecule has 0 fully saturated rings. The number of methoxy groups -OCH3 is 1. The molecular weight excluding hydrogens is 336 g/mol. The van der Waals surface area contributed by atoms with Gasteiger partial charge in [-0.25, -0.2) is 0 Å². The Hall–Kier alpha value is -1.72. The van der Waals surface area contributed by atoms with Crippen LogP contribution in [0.4, 0.5) is 0 Å². The van der Waals surface area contributed by atoms with Crippen molar-refractivity contribution >= 4 is 21.7 Å². The van der Waals surface area contributed by atoms with Crippen molar-refractivity contribution in [3.8, 4) is 11.5 Å². The first-order valence-corrected chi connectivity index (χ1v) is 8.92. The molecule has 0 radical (unpaired) electrons. The second-order valence-electron chi connectivity index (χ2n) is 5.51. The van der Waals surface area contributed by atoms with Gasteiger partial charge in [0, 0.05) is 5.02 Å². The smallest absolute Gasteiger partial charge is 0.342 e. The molecule has 0 saturated carbocycles. The standard InChI is InChI=1S/C17H19ClO4S/c1-11(2)15-10-17(16(21-4)9-12(15)3)23(19,20)22-14-7-5-13(18)6-8-14/h5-11H,1-4H3. The largest absolute Gasteiger partial charge is 0.495 e. The zero-order chi connectivity index (χ0) is 17.2. The van der Waals surface area contributed by atoms with Gasteiger partial charge in [0.15, 0.2) is 0 Å². The van der Waals surface area contributed by atoms with Crippen LogP contribution in [0.25, 0.3) is 0 Å². The summed E-state index contributed by atoms with van der Waals surface area (Å²) in [7, 11) is -2.57. The molecule has 6 heteroatoms. The fourth-order valence-electron chi connectivity index (χ4n) is 2.32. The summed E-state index contributed by atoms with van der Waals surface area (Å²) in [6, 6.07) is 9.47. The molecule has 124 valence electrons. The maximum Gasteiger partial charge on any atom is 0.342 e. The quantitative estimate of drug-likeness (QED) is 0.739. The monoisotopic (exact) mass is 354 g/mol. The number of rotatable bonds is 5. The van der Waals surface area contributed by atoms with Crippen LogP contribution >= 0.6 is 11.6 Å². The van der Waals surface area contributed by atoms with Gasteiger partial charge in [0.25, 0.3) is 0 Å². The Balaban J connectivity index is 2.49. The van der Waals surface area contributed by atoms with Crippen molar-refractivity contribution in [2.75, 3.05) is 7.11 Å². The Morgan fingerprint density at radius 2 is 1.70 bits per heavy atom.